The lowest BCUT2D eigenvalue weighted by atomic mass is 10.1. The SMILES string of the molecule is COc1cccnc1C(=O)c1ccc(Cl)cc1. The molecule has 0 N–H and O–H groups in total. The van der Waals surface area contributed by atoms with Gasteiger partial charge in [-0.3, -0.25) is 4.79 Å². The summed E-state index contributed by atoms with van der Waals surface area (Å²) in [4.78, 5) is 16.2. The maximum atomic E-state index is 12.2. The molecule has 1 aromatic carbocycles. The standard InChI is InChI=1S/C13H10ClNO2/c1-17-11-3-2-8-15-12(11)13(16)9-4-6-10(14)7-5-9/h2-8H,1H3. The van der Waals surface area contributed by atoms with Gasteiger partial charge < -0.3 is 4.74 Å². The molecule has 0 atom stereocenters. The van der Waals surface area contributed by atoms with Gasteiger partial charge in [-0.1, -0.05) is 11.6 Å². The molecule has 2 rings (SSSR count). The van der Waals surface area contributed by atoms with E-state index in [2.05, 4.69) is 4.98 Å². The Morgan fingerprint density at radius 3 is 2.59 bits per heavy atom. The van der Waals surface area contributed by atoms with Crippen LogP contribution in [0.1, 0.15) is 16.1 Å². The van der Waals surface area contributed by atoms with Gasteiger partial charge in [0.2, 0.25) is 5.78 Å². The molecule has 0 amide bonds. The number of hydrogen-bond donors (Lipinski definition) is 0. The number of rotatable bonds is 3. The van der Waals surface area contributed by atoms with Crippen molar-refractivity contribution in [1.82, 2.24) is 4.98 Å². The lowest BCUT2D eigenvalue weighted by molar-refractivity contribution is 0.103. The first-order valence-electron chi connectivity index (χ1n) is 5.01. The number of hydrogen-bond acceptors (Lipinski definition) is 3. The average Bonchev–Trinajstić information content (AvgIpc) is 2.39. The first-order valence-corrected chi connectivity index (χ1v) is 5.39. The van der Waals surface area contributed by atoms with Crippen LogP contribution in [0.5, 0.6) is 5.75 Å². The number of pyridine rings is 1. The maximum Gasteiger partial charge on any atom is 0.215 e. The van der Waals surface area contributed by atoms with Crippen molar-refractivity contribution in [3.05, 3.63) is 58.9 Å². The molecule has 0 radical (unpaired) electrons. The van der Waals surface area contributed by atoms with E-state index < -0.39 is 0 Å². The lowest BCUT2D eigenvalue weighted by Gasteiger charge is -2.05. The molecule has 4 heteroatoms. The quantitative estimate of drug-likeness (QED) is 0.783. The van der Waals surface area contributed by atoms with E-state index in [1.165, 1.54) is 7.11 Å². The van der Waals surface area contributed by atoms with E-state index in [0.717, 1.165) is 0 Å². The molecule has 0 bridgehead atoms. The Hall–Kier alpha value is -1.87. The number of benzene rings is 1. The monoisotopic (exact) mass is 247 g/mol. The normalized spacial score (nSPS) is 10.0. The van der Waals surface area contributed by atoms with Gasteiger partial charge in [-0.2, -0.15) is 0 Å². The number of carbonyl (C=O) groups excluding carboxylic acids is 1. The third-order valence-electron chi connectivity index (χ3n) is 2.31. The van der Waals surface area contributed by atoms with E-state index in [1.807, 2.05) is 0 Å². The molecule has 0 spiro atoms. The average molecular weight is 248 g/mol. The zero-order chi connectivity index (χ0) is 12.3. The van der Waals surface area contributed by atoms with Crippen LogP contribution in [-0.2, 0) is 0 Å². The number of methoxy groups -OCH3 is 1. The Labute approximate surface area is 104 Å². The Morgan fingerprint density at radius 2 is 1.94 bits per heavy atom. The van der Waals surface area contributed by atoms with Crippen LogP contribution in [0.15, 0.2) is 42.6 Å². The number of halogens is 1. The van der Waals surface area contributed by atoms with Gasteiger partial charge in [-0.15, -0.1) is 0 Å². The second-order valence-electron chi connectivity index (χ2n) is 3.39. The molecule has 0 unspecified atom stereocenters. The first kappa shape index (κ1) is 11.6. The number of ketones is 1. The van der Waals surface area contributed by atoms with Crippen molar-refractivity contribution < 1.29 is 9.53 Å². The fraction of sp³-hybridized carbons (Fsp3) is 0.0769. The van der Waals surface area contributed by atoms with Crippen molar-refractivity contribution in [2.45, 2.75) is 0 Å². The minimum Gasteiger partial charge on any atom is -0.494 e. The Kier molecular flexibility index (Phi) is 3.40. The molecule has 1 heterocycles. The number of aromatic nitrogens is 1. The molecule has 3 nitrogen and oxygen atoms in total. The van der Waals surface area contributed by atoms with Crippen molar-refractivity contribution in [2.24, 2.45) is 0 Å². The topological polar surface area (TPSA) is 39.2 Å². The molecule has 0 saturated heterocycles. The van der Waals surface area contributed by atoms with Crippen LogP contribution < -0.4 is 4.74 Å². The van der Waals surface area contributed by atoms with Crippen LogP contribution in [0.4, 0.5) is 0 Å². The van der Waals surface area contributed by atoms with Crippen LogP contribution in [0.25, 0.3) is 0 Å². The summed E-state index contributed by atoms with van der Waals surface area (Å²) < 4.78 is 5.10. The Bertz CT molecular complexity index is 537. The Balaban J connectivity index is 2.40. The van der Waals surface area contributed by atoms with Crippen LogP contribution >= 0.6 is 11.6 Å². The molecule has 0 fully saturated rings. The summed E-state index contributed by atoms with van der Waals surface area (Å²) in [5.41, 5.74) is 0.837. The fourth-order valence-corrected chi connectivity index (χ4v) is 1.59. The second-order valence-corrected chi connectivity index (χ2v) is 3.83. The van der Waals surface area contributed by atoms with Crippen molar-refractivity contribution in [1.29, 1.82) is 0 Å². The summed E-state index contributed by atoms with van der Waals surface area (Å²) in [6.45, 7) is 0. The van der Waals surface area contributed by atoms with Gasteiger partial charge >= 0.3 is 0 Å². The maximum absolute atomic E-state index is 12.2. The predicted octanol–water partition coefficient (Wildman–Crippen LogP) is 2.97. The Morgan fingerprint density at radius 1 is 1.24 bits per heavy atom. The van der Waals surface area contributed by atoms with Gasteiger partial charge in [0, 0.05) is 16.8 Å². The molecule has 1 aromatic heterocycles. The van der Waals surface area contributed by atoms with E-state index in [0.29, 0.717) is 22.0 Å². The molecule has 0 aliphatic rings. The summed E-state index contributed by atoms with van der Waals surface area (Å²) in [7, 11) is 1.51. The number of carbonyl (C=O) groups is 1. The molecule has 17 heavy (non-hydrogen) atoms. The van der Waals surface area contributed by atoms with E-state index in [9.17, 15) is 4.79 Å². The largest absolute Gasteiger partial charge is 0.494 e. The molecular formula is C13H10ClNO2. The smallest absolute Gasteiger partial charge is 0.215 e. The van der Waals surface area contributed by atoms with E-state index in [-0.39, 0.29) is 5.78 Å². The summed E-state index contributed by atoms with van der Waals surface area (Å²) in [6, 6.07) is 10.1. The third-order valence-corrected chi connectivity index (χ3v) is 2.56. The van der Waals surface area contributed by atoms with Gasteiger partial charge in [-0.25, -0.2) is 4.98 Å². The fourth-order valence-electron chi connectivity index (χ4n) is 1.46. The molecule has 2 aromatic rings. The molecule has 0 saturated carbocycles. The molecule has 86 valence electrons. The van der Waals surface area contributed by atoms with Crippen LogP contribution in [0.2, 0.25) is 5.02 Å². The van der Waals surface area contributed by atoms with E-state index in [4.69, 9.17) is 16.3 Å². The van der Waals surface area contributed by atoms with Crippen LogP contribution in [0.3, 0.4) is 0 Å². The van der Waals surface area contributed by atoms with Crippen LogP contribution in [-0.4, -0.2) is 17.9 Å². The highest BCUT2D eigenvalue weighted by Gasteiger charge is 2.15. The minimum atomic E-state index is -0.181. The van der Waals surface area contributed by atoms with Gasteiger partial charge in [0.1, 0.15) is 5.75 Å². The summed E-state index contributed by atoms with van der Waals surface area (Å²) in [5.74, 6) is 0.284. The number of nitrogens with zero attached hydrogens (tertiary/aromatic N) is 1. The highest BCUT2D eigenvalue weighted by atomic mass is 35.5. The van der Waals surface area contributed by atoms with E-state index in [1.54, 1.807) is 42.6 Å². The van der Waals surface area contributed by atoms with Crippen molar-refractivity contribution >= 4 is 17.4 Å². The molecule has 0 aliphatic carbocycles. The zero-order valence-corrected chi connectivity index (χ0v) is 9.94. The summed E-state index contributed by atoms with van der Waals surface area (Å²) >= 11 is 5.77. The van der Waals surface area contributed by atoms with Gasteiger partial charge in [0.05, 0.1) is 7.11 Å². The minimum absolute atomic E-state index is 0.181. The summed E-state index contributed by atoms with van der Waals surface area (Å²) in [5, 5.41) is 0.592. The van der Waals surface area contributed by atoms with Gasteiger partial charge in [-0.05, 0) is 36.4 Å². The lowest BCUT2D eigenvalue weighted by Crippen LogP contribution is -2.06. The highest BCUT2D eigenvalue weighted by molar-refractivity contribution is 6.30. The van der Waals surface area contributed by atoms with Crippen LogP contribution in [0, 0.1) is 0 Å². The zero-order valence-electron chi connectivity index (χ0n) is 9.18. The van der Waals surface area contributed by atoms with E-state index >= 15 is 0 Å². The van der Waals surface area contributed by atoms with Gasteiger partial charge in [0.15, 0.2) is 5.69 Å². The van der Waals surface area contributed by atoms with Crippen molar-refractivity contribution in [2.75, 3.05) is 7.11 Å². The summed E-state index contributed by atoms with van der Waals surface area (Å²) in [6.07, 6.45) is 1.56. The third kappa shape index (κ3) is 2.45. The van der Waals surface area contributed by atoms with Crippen molar-refractivity contribution in [3.63, 3.8) is 0 Å². The van der Waals surface area contributed by atoms with Gasteiger partial charge in [0.25, 0.3) is 0 Å². The highest BCUT2D eigenvalue weighted by Crippen LogP contribution is 2.19. The first-order chi connectivity index (χ1) is 8.22. The molecular weight excluding hydrogens is 238 g/mol. The predicted molar refractivity (Wildman–Crippen MR) is 65.7 cm³/mol. The number of ether oxygens (including phenoxy) is 1. The second kappa shape index (κ2) is 4.97. The molecule has 0 aliphatic heterocycles. The van der Waals surface area contributed by atoms with Crippen molar-refractivity contribution in [3.8, 4) is 5.75 Å².